The van der Waals surface area contributed by atoms with Gasteiger partial charge in [-0.25, -0.2) is 0 Å². The maximum absolute atomic E-state index is 13.3. The van der Waals surface area contributed by atoms with E-state index in [2.05, 4.69) is 57.1 Å². The number of benzene rings is 3. The van der Waals surface area contributed by atoms with Gasteiger partial charge in [-0.3, -0.25) is 4.79 Å². The Morgan fingerprint density at radius 3 is 2.56 bits per heavy atom. The molecule has 1 N–H and O–H groups in total. The third kappa shape index (κ3) is 5.75. The maximum atomic E-state index is 13.3. The number of carbonyl (C=O) groups excluding carboxylic acids is 1. The van der Waals surface area contributed by atoms with Crippen LogP contribution in [0.3, 0.4) is 0 Å². The van der Waals surface area contributed by atoms with Gasteiger partial charge in [0.05, 0.1) is 11.5 Å². The van der Waals surface area contributed by atoms with Gasteiger partial charge in [0.2, 0.25) is 0 Å². The molecule has 1 amide bonds. The molecule has 0 unspecified atom stereocenters. The molecule has 34 heavy (non-hydrogen) atoms. The molecule has 1 aliphatic rings. The van der Waals surface area contributed by atoms with Gasteiger partial charge in [-0.1, -0.05) is 23.9 Å². The molecule has 6 heteroatoms. The summed E-state index contributed by atoms with van der Waals surface area (Å²) in [5, 5.41) is 10.4. The Balaban J connectivity index is 1.43. The molecule has 5 nitrogen and oxygen atoms in total. The van der Waals surface area contributed by atoms with Gasteiger partial charge in [-0.2, -0.15) is 0 Å². The van der Waals surface area contributed by atoms with Crippen molar-refractivity contribution in [3.63, 3.8) is 0 Å². The minimum absolute atomic E-state index is 0.0356. The van der Waals surface area contributed by atoms with Crippen molar-refractivity contribution in [2.45, 2.75) is 43.1 Å². The average molecular weight is 477 g/mol. The van der Waals surface area contributed by atoms with Crippen LogP contribution in [0.4, 0.5) is 0 Å². The van der Waals surface area contributed by atoms with E-state index >= 15 is 0 Å². The summed E-state index contributed by atoms with van der Waals surface area (Å²) in [7, 11) is 4.11. The van der Waals surface area contributed by atoms with Crippen LogP contribution in [0.5, 0.6) is 11.5 Å². The van der Waals surface area contributed by atoms with Crippen molar-refractivity contribution >= 4 is 17.7 Å². The number of aryl methyl sites for hydroxylation is 2. The zero-order chi connectivity index (χ0) is 24.2. The fourth-order valence-electron chi connectivity index (χ4n) is 3.99. The summed E-state index contributed by atoms with van der Waals surface area (Å²) in [6.07, 6.45) is 0.970. The van der Waals surface area contributed by atoms with Crippen molar-refractivity contribution in [3.05, 3.63) is 82.4 Å². The number of fused-ring (bicyclic) bond motifs is 1. The highest BCUT2D eigenvalue weighted by Crippen LogP contribution is 2.36. The van der Waals surface area contributed by atoms with Crippen LogP contribution in [0.25, 0.3) is 0 Å². The molecule has 0 saturated heterocycles. The standard InChI is InChI=1S/C28H32N2O3S/c1-19-6-10-25(14-20(19)2)34-27-16-21(8-11-26(27)31)28(32)30-17-22-7-9-24(15-23(22)18-30)33-13-5-12-29(3)4/h6-11,14-16,31H,5,12-13,17-18H2,1-4H3. The van der Waals surface area contributed by atoms with Gasteiger partial charge in [0, 0.05) is 30.1 Å². The monoisotopic (exact) mass is 476 g/mol. The maximum Gasteiger partial charge on any atom is 0.254 e. The normalized spacial score (nSPS) is 12.8. The van der Waals surface area contributed by atoms with Crippen LogP contribution < -0.4 is 4.74 Å². The minimum atomic E-state index is -0.0356. The fourth-order valence-corrected chi connectivity index (χ4v) is 4.98. The fraction of sp³-hybridized carbons (Fsp3) is 0.321. The number of hydrogen-bond donors (Lipinski definition) is 1. The number of rotatable bonds is 8. The third-order valence-corrected chi connectivity index (χ3v) is 7.16. The zero-order valence-corrected chi connectivity index (χ0v) is 21.1. The summed E-state index contributed by atoms with van der Waals surface area (Å²) in [6.45, 7) is 6.95. The lowest BCUT2D eigenvalue weighted by atomic mass is 10.1. The second kappa shape index (κ2) is 10.5. The number of amides is 1. The van der Waals surface area contributed by atoms with E-state index in [1.54, 1.807) is 18.2 Å². The van der Waals surface area contributed by atoms with Crippen LogP contribution in [0.2, 0.25) is 0 Å². The van der Waals surface area contributed by atoms with Crippen LogP contribution in [0.1, 0.15) is 39.0 Å². The predicted molar refractivity (Wildman–Crippen MR) is 137 cm³/mol. The molecule has 4 rings (SSSR count). The van der Waals surface area contributed by atoms with Crippen LogP contribution in [-0.2, 0) is 13.1 Å². The number of phenols is 1. The van der Waals surface area contributed by atoms with Crippen molar-refractivity contribution < 1.29 is 14.6 Å². The smallest absolute Gasteiger partial charge is 0.254 e. The first-order valence-corrected chi connectivity index (χ1v) is 12.4. The first-order chi connectivity index (χ1) is 16.3. The van der Waals surface area contributed by atoms with E-state index in [-0.39, 0.29) is 11.7 Å². The summed E-state index contributed by atoms with van der Waals surface area (Å²) in [5.41, 5.74) is 5.29. The predicted octanol–water partition coefficient (Wildman–Crippen LogP) is 5.65. The minimum Gasteiger partial charge on any atom is -0.507 e. The average Bonchev–Trinajstić information content (AvgIpc) is 3.23. The molecule has 0 saturated carbocycles. The molecule has 1 heterocycles. The van der Waals surface area contributed by atoms with E-state index in [0.29, 0.717) is 30.2 Å². The van der Waals surface area contributed by atoms with E-state index in [1.807, 2.05) is 17.0 Å². The SMILES string of the molecule is Cc1ccc(Sc2cc(C(=O)N3Cc4ccc(OCCCN(C)C)cc4C3)ccc2O)cc1C. The summed E-state index contributed by atoms with van der Waals surface area (Å²) in [5.74, 6) is 0.996. The van der Waals surface area contributed by atoms with E-state index in [0.717, 1.165) is 34.7 Å². The topological polar surface area (TPSA) is 53.0 Å². The van der Waals surface area contributed by atoms with Crippen molar-refractivity contribution in [2.24, 2.45) is 0 Å². The lowest BCUT2D eigenvalue weighted by Gasteiger charge is -2.16. The Hall–Kier alpha value is -2.96. The molecule has 1 aliphatic heterocycles. The largest absolute Gasteiger partial charge is 0.507 e. The van der Waals surface area contributed by atoms with E-state index < -0.39 is 0 Å². The van der Waals surface area contributed by atoms with Crippen LogP contribution in [0, 0.1) is 13.8 Å². The van der Waals surface area contributed by atoms with Crippen LogP contribution >= 0.6 is 11.8 Å². The Bertz CT molecular complexity index is 1190. The van der Waals surface area contributed by atoms with Gasteiger partial charge in [-0.15, -0.1) is 0 Å². The molecule has 0 atom stereocenters. The van der Waals surface area contributed by atoms with Crippen molar-refractivity contribution in [2.75, 3.05) is 27.2 Å². The molecule has 0 aliphatic carbocycles. The van der Waals surface area contributed by atoms with Gasteiger partial charge in [0.15, 0.2) is 0 Å². The van der Waals surface area contributed by atoms with Gasteiger partial charge in [-0.05, 0) is 99.1 Å². The molecule has 0 spiro atoms. The van der Waals surface area contributed by atoms with E-state index in [9.17, 15) is 9.90 Å². The lowest BCUT2D eigenvalue weighted by Crippen LogP contribution is -2.25. The summed E-state index contributed by atoms with van der Waals surface area (Å²) >= 11 is 1.47. The highest BCUT2D eigenvalue weighted by Gasteiger charge is 2.25. The second-order valence-electron chi connectivity index (χ2n) is 9.13. The van der Waals surface area contributed by atoms with Crippen molar-refractivity contribution in [3.8, 4) is 11.5 Å². The molecular weight excluding hydrogens is 444 g/mol. The number of ether oxygens (including phenoxy) is 1. The third-order valence-electron chi connectivity index (χ3n) is 6.12. The first-order valence-electron chi connectivity index (χ1n) is 11.6. The quantitative estimate of drug-likeness (QED) is 0.426. The molecule has 0 aromatic heterocycles. The Morgan fingerprint density at radius 1 is 1.00 bits per heavy atom. The number of nitrogens with zero attached hydrogens (tertiary/aromatic N) is 2. The van der Waals surface area contributed by atoms with Gasteiger partial charge >= 0.3 is 0 Å². The number of aromatic hydroxyl groups is 1. The highest BCUT2D eigenvalue weighted by molar-refractivity contribution is 7.99. The zero-order valence-electron chi connectivity index (χ0n) is 20.3. The number of phenolic OH excluding ortho intramolecular Hbond substituents is 1. The van der Waals surface area contributed by atoms with Crippen molar-refractivity contribution in [1.82, 2.24) is 9.80 Å². The molecule has 178 valence electrons. The number of hydrogen-bond acceptors (Lipinski definition) is 5. The molecule has 0 bridgehead atoms. The van der Waals surface area contributed by atoms with Gasteiger partial charge in [0.1, 0.15) is 11.5 Å². The first kappa shape index (κ1) is 24.2. The van der Waals surface area contributed by atoms with Crippen molar-refractivity contribution in [1.29, 1.82) is 0 Å². The van der Waals surface area contributed by atoms with Gasteiger partial charge < -0.3 is 19.6 Å². The summed E-state index contributed by atoms with van der Waals surface area (Å²) in [6, 6.07) is 17.4. The summed E-state index contributed by atoms with van der Waals surface area (Å²) < 4.78 is 5.90. The Kier molecular flexibility index (Phi) is 7.49. The highest BCUT2D eigenvalue weighted by atomic mass is 32.2. The second-order valence-corrected chi connectivity index (χ2v) is 10.2. The van der Waals surface area contributed by atoms with E-state index in [4.69, 9.17) is 4.74 Å². The molecule has 0 radical (unpaired) electrons. The Labute approximate surface area is 206 Å². The molecule has 3 aromatic rings. The molecular formula is C28H32N2O3S. The van der Waals surface area contributed by atoms with Crippen LogP contribution in [0.15, 0.2) is 64.4 Å². The van der Waals surface area contributed by atoms with E-state index in [1.165, 1.54) is 22.9 Å². The molecule has 0 fully saturated rings. The van der Waals surface area contributed by atoms with Gasteiger partial charge in [0.25, 0.3) is 5.91 Å². The van der Waals surface area contributed by atoms with Crippen LogP contribution in [-0.4, -0.2) is 48.1 Å². The Morgan fingerprint density at radius 2 is 1.79 bits per heavy atom. The lowest BCUT2D eigenvalue weighted by molar-refractivity contribution is 0.0751. The number of carbonyl (C=O) groups is 1. The summed E-state index contributed by atoms with van der Waals surface area (Å²) in [4.78, 5) is 19.0. The molecule has 3 aromatic carbocycles.